The Labute approximate surface area is 144 Å². The van der Waals surface area contributed by atoms with Gasteiger partial charge in [-0.25, -0.2) is 9.18 Å². The summed E-state index contributed by atoms with van der Waals surface area (Å²) in [6.45, 7) is -0.0830. The van der Waals surface area contributed by atoms with Crippen LogP contribution in [0.2, 0.25) is 5.02 Å². The van der Waals surface area contributed by atoms with Crippen LogP contribution in [-0.2, 0) is 17.5 Å². The zero-order chi connectivity index (χ0) is 18.8. The van der Waals surface area contributed by atoms with Gasteiger partial charge in [0.2, 0.25) is 0 Å². The van der Waals surface area contributed by atoms with Gasteiger partial charge in [0.15, 0.2) is 0 Å². The van der Waals surface area contributed by atoms with Gasteiger partial charge in [-0.2, -0.15) is 13.2 Å². The van der Waals surface area contributed by atoms with E-state index in [1.54, 1.807) is 0 Å². The summed E-state index contributed by atoms with van der Waals surface area (Å²) in [5, 5.41) is 19.1. The van der Waals surface area contributed by atoms with E-state index in [9.17, 15) is 22.4 Å². The van der Waals surface area contributed by atoms with Gasteiger partial charge in [-0.15, -0.1) is 0 Å². The van der Waals surface area contributed by atoms with Crippen molar-refractivity contribution in [3.63, 3.8) is 0 Å². The molecule has 0 bridgehead atoms. The van der Waals surface area contributed by atoms with Crippen LogP contribution >= 0.6 is 11.6 Å². The number of hydrogen-bond donors (Lipinski definition) is 3. The highest BCUT2D eigenvalue weighted by Gasteiger charge is 2.31. The molecule has 0 amide bonds. The summed E-state index contributed by atoms with van der Waals surface area (Å²) < 4.78 is 51.6. The first-order chi connectivity index (χ1) is 11.6. The Morgan fingerprint density at radius 3 is 2.44 bits per heavy atom. The molecule has 0 aliphatic heterocycles. The van der Waals surface area contributed by atoms with Crippen molar-refractivity contribution in [3.05, 3.63) is 63.9 Å². The summed E-state index contributed by atoms with van der Waals surface area (Å²) in [6.07, 6.45) is -4.63. The van der Waals surface area contributed by atoms with E-state index in [1.807, 2.05) is 0 Å². The van der Waals surface area contributed by atoms with Gasteiger partial charge in [0.05, 0.1) is 5.56 Å². The van der Waals surface area contributed by atoms with E-state index in [0.29, 0.717) is 17.7 Å². The van der Waals surface area contributed by atoms with E-state index in [2.05, 4.69) is 5.32 Å². The number of benzene rings is 2. The maximum Gasteiger partial charge on any atom is 0.416 e. The van der Waals surface area contributed by atoms with Gasteiger partial charge in [0, 0.05) is 22.8 Å². The molecule has 0 aliphatic carbocycles. The minimum absolute atomic E-state index is 0.0642. The Kier molecular flexibility index (Phi) is 5.32. The van der Waals surface area contributed by atoms with Crippen molar-refractivity contribution in [2.75, 3.05) is 5.32 Å². The molecule has 0 unspecified atom stereocenters. The molecule has 0 spiro atoms. The molecule has 0 saturated heterocycles. The normalized spacial score (nSPS) is 11.2. The number of rotatable bonds is 5. The van der Waals surface area contributed by atoms with Crippen LogP contribution in [0.4, 0.5) is 23.2 Å². The van der Waals surface area contributed by atoms with Crippen molar-refractivity contribution < 1.29 is 27.5 Å². The lowest BCUT2D eigenvalue weighted by molar-refractivity contribution is -0.137. The number of hydrogen-bond acceptors (Lipinski definition) is 3. The van der Waals surface area contributed by atoms with E-state index in [-0.39, 0.29) is 22.8 Å². The number of aliphatic carboxylic acids is 1. The average molecular weight is 375 g/mol. The van der Waals surface area contributed by atoms with Crippen molar-refractivity contribution in [1.29, 1.82) is 5.41 Å². The monoisotopic (exact) mass is 374 g/mol. The van der Waals surface area contributed by atoms with E-state index >= 15 is 0 Å². The molecule has 132 valence electrons. The van der Waals surface area contributed by atoms with E-state index < -0.39 is 29.2 Å². The Morgan fingerprint density at radius 1 is 1.20 bits per heavy atom. The topological polar surface area (TPSA) is 73.2 Å². The molecule has 2 aromatic rings. The van der Waals surface area contributed by atoms with Gasteiger partial charge in [-0.05, 0) is 35.9 Å². The van der Waals surface area contributed by atoms with Crippen LogP contribution in [0, 0.1) is 11.2 Å². The van der Waals surface area contributed by atoms with Crippen molar-refractivity contribution in [3.8, 4) is 0 Å². The Hall–Kier alpha value is -2.61. The van der Waals surface area contributed by atoms with Crippen LogP contribution in [0.15, 0.2) is 36.4 Å². The molecule has 0 aromatic heterocycles. The summed E-state index contributed by atoms with van der Waals surface area (Å²) in [6, 6.07) is 5.85. The summed E-state index contributed by atoms with van der Waals surface area (Å²) in [5.74, 6) is -2.15. The Morgan fingerprint density at radius 2 is 1.88 bits per heavy atom. The van der Waals surface area contributed by atoms with Crippen LogP contribution in [-0.4, -0.2) is 16.8 Å². The summed E-state index contributed by atoms with van der Waals surface area (Å²) in [7, 11) is 0. The van der Waals surface area contributed by atoms with Crippen molar-refractivity contribution in [2.45, 2.75) is 12.7 Å². The highest BCUT2D eigenvalue weighted by Crippen LogP contribution is 2.33. The van der Waals surface area contributed by atoms with Gasteiger partial charge in [0.25, 0.3) is 0 Å². The number of carboxylic acid groups (broad SMARTS) is 1. The molecule has 2 aromatic carbocycles. The molecule has 0 radical (unpaired) electrons. The molecule has 0 saturated carbocycles. The molecule has 4 nitrogen and oxygen atoms in total. The maximum absolute atomic E-state index is 13.0. The van der Waals surface area contributed by atoms with E-state index in [0.717, 1.165) is 18.2 Å². The highest BCUT2D eigenvalue weighted by atomic mass is 35.5. The third-order valence-electron chi connectivity index (χ3n) is 3.31. The minimum Gasteiger partial charge on any atom is -0.477 e. The van der Waals surface area contributed by atoms with Gasteiger partial charge in [-0.1, -0.05) is 17.7 Å². The zero-order valence-electron chi connectivity index (χ0n) is 12.4. The molecule has 25 heavy (non-hydrogen) atoms. The maximum atomic E-state index is 13.0. The van der Waals surface area contributed by atoms with Crippen LogP contribution in [0.25, 0.3) is 0 Å². The number of carboxylic acids is 1. The van der Waals surface area contributed by atoms with Crippen molar-refractivity contribution in [1.82, 2.24) is 0 Å². The van der Waals surface area contributed by atoms with Gasteiger partial charge < -0.3 is 10.4 Å². The lowest BCUT2D eigenvalue weighted by Gasteiger charge is -2.15. The fourth-order valence-corrected chi connectivity index (χ4v) is 2.29. The van der Waals surface area contributed by atoms with E-state index in [1.165, 1.54) is 6.07 Å². The predicted octanol–water partition coefficient (Wildman–Crippen LogP) is 4.56. The van der Waals surface area contributed by atoms with Crippen LogP contribution in [0.1, 0.15) is 16.7 Å². The predicted molar refractivity (Wildman–Crippen MR) is 84.6 cm³/mol. The number of halogens is 5. The quantitative estimate of drug-likeness (QED) is 0.530. The molecular formula is C16H11ClF4N2O2. The lowest BCUT2D eigenvalue weighted by Crippen LogP contribution is -2.17. The summed E-state index contributed by atoms with van der Waals surface area (Å²) >= 11 is 5.86. The highest BCUT2D eigenvalue weighted by molar-refractivity contribution is 6.42. The second-order valence-corrected chi connectivity index (χ2v) is 5.43. The third-order valence-corrected chi connectivity index (χ3v) is 3.67. The molecule has 0 atom stereocenters. The minimum atomic E-state index is -4.63. The van der Waals surface area contributed by atoms with Crippen LogP contribution in [0.3, 0.4) is 0 Å². The average Bonchev–Trinajstić information content (AvgIpc) is 2.52. The molecular weight excluding hydrogens is 364 g/mol. The second-order valence-electron chi connectivity index (χ2n) is 5.03. The number of alkyl halides is 3. The second kappa shape index (κ2) is 7.10. The van der Waals surface area contributed by atoms with Crippen molar-refractivity contribution >= 4 is 29.0 Å². The number of carbonyl (C=O) groups is 1. The van der Waals surface area contributed by atoms with Gasteiger partial charge in [0.1, 0.15) is 11.5 Å². The fraction of sp³-hybridized carbons (Fsp3) is 0.125. The SMILES string of the molecule is N=C(C(=O)O)c1ccc(C(F)(F)F)cc1NCc1ccc(F)cc1Cl. The first kappa shape index (κ1) is 18.7. The summed E-state index contributed by atoms with van der Waals surface area (Å²) in [5.41, 5.74) is -1.86. The standard InChI is InChI=1S/C16H11ClF4N2O2/c17-12-6-10(18)3-1-8(12)7-23-13-5-9(16(19,20)21)2-4-11(13)14(22)15(24)25/h1-6,22-23H,7H2,(H,24,25). The fourth-order valence-electron chi connectivity index (χ4n) is 2.06. The Bertz CT molecular complexity index is 837. The number of anilines is 1. The third kappa shape index (κ3) is 4.48. The Balaban J connectivity index is 2.38. The lowest BCUT2D eigenvalue weighted by atomic mass is 10.0. The van der Waals surface area contributed by atoms with Crippen LogP contribution < -0.4 is 5.32 Å². The van der Waals surface area contributed by atoms with E-state index in [4.69, 9.17) is 22.1 Å². The van der Waals surface area contributed by atoms with Crippen molar-refractivity contribution in [2.24, 2.45) is 0 Å². The largest absolute Gasteiger partial charge is 0.477 e. The first-order valence-corrected chi connectivity index (χ1v) is 7.18. The zero-order valence-corrected chi connectivity index (χ0v) is 13.2. The molecule has 0 heterocycles. The molecule has 3 N–H and O–H groups in total. The van der Waals surface area contributed by atoms with Gasteiger partial charge >= 0.3 is 12.1 Å². The molecule has 0 aliphatic rings. The smallest absolute Gasteiger partial charge is 0.416 e. The molecule has 9 heteroatoms. The summed E-state index contributed by atoms with van der Waals surface area (Å²) in [4.78, 5) is 11.0. The number of nitrogens with one attached hydrogen (secondary N) is 2. The first-order valence-electron chi connectivity index (χ1n) is 6.81. The molecule has 2 rings (SSSR count). The van der Waals surface area contributed by atoms with Gasteiger partial charge in [-0.3, -0.25) is 5.41 Å². The van der Waals surface area contributed by atoms with Crippen LogP contribution in [0.5, 0.6) is 0 Å². The molecule has 0 fully saturated rings.